The van der Waals surface area contributed by atoms with Crippen LogP contribution in [0.15, 0.2) is 72.8 Å². The summed E-state index contributed by atoms with van der Waals surface area (Å²) in [5.41, 5.74) is 1.91. The van der Waals surface area contributed by atoms with Crippen molar-refractivity contribution in [2.45, 2.75) is 105 Å². The molecule has 1 heterocycles. The number of hydrogen-bond donors (Lipinski definition) is 2. The minimum Gasteiger partial charge on any atom is -0.497 e. The number of nitrogens with zero attached hydrogens (tertiary/aromatic N) is 3. The smallest absolute Gasteiger partial charge is 0.410 e. The van der Waals surface area contributed by atoms with Crippen LogP contribution < -0.4 is 10.1 Å². The zero-order chi connectivity index (χ0) is 40.1. The Kier molecular flexibility index (Phi) is 12.8. The number of carbonyl (C=O) groups is 5. The number of aromatic carboxylic acids is 1. The van der Waals surface area contributed by atoms with Gasteiger partial charge in [-0.05, 0) is 86.6 Å². The highest BCUT2D eigenvalue weighted by atomic mass is 16.6. The van der Waals surface area contributed by atoms with Gasteiger partial charge in [-0.2, -0.15) is 0 Å². The molecule has 3 aromatic carbocycles. The van der Waals surface area contributed by atoms with E-state index in [-0.39, 0.29) is 31.0 Å². The number of benzene rings is 3. The van der Waals surface area contributed by atoms with Gasteiger partial charge < -0.3 is 29.7 Å². The van der Waals surface area contributed by atoms with Gasteiger partial charge in [0, 0.05) is 26.6 Å². The van der Waals surface area contributed by atoms with Crippen molar-refractivity contribution in [1.29, 1.82) is 0 Å². The molecule has 3 unspecified atom stereocenters. The molecular formula is C42H54N4O8. The molecule has 12 heteroatoms. The summed E-state index contributed by atoms with van der Waals surface area (Å²) in [4.78, 5) is 72.6. The molecule has 54 heavy (non-hydrogen) atoms. The molecule has 0 saturated heterocycles. The molecule has 0 aromatic heterocycles. The van der Waals surface area contributed by atoms with Gasteiger partial charge in [-0.1, -0.05) is 69.3 Å². The maximum atomic E-state index is 15.1. The van der Waals surface area contributed by atoms with Gasteiger partial charge in [-0.3, -0.25) is 19.3 Å². The Hall–Kier alpha value is -5.39. The number of fused-ring (bicyclic) bond motifs is 1. The lowest BCUT2D eigenvalue weighted by atomic mass is 9.84. The highest BCUT2D eigenvalue weighted by molar-refractivity contribution is 5.95. The van der Waals surface area contributed by atoms with Crippen LogP contribution in [0.4, 0.5) is 4.79 Å². The van der Waals surface area contributed by atoms with E-state index in [1.165, 1.54) is 24.1 Å². The van der Waals surface area contributed by atoms with E-state index in [1.54, 1.807) is 56.7 Å². The summed E-state index contributed by atoms with van der Waals surface area (Å²) in [6, 6.07) is 18.0. The molecule has 0 aliphatic carbocycles. The lowest BCUT2D eigenvalue weighted by Gasteiger charge is -2.43. The minimum atomic E-state index is -1.06. The number of amides is 4. The monoisotopic (exact) mass is 742 g/mol. The standard InChI is InChI=1S/C42H54N4O8/c1-26(30-16-13-17-33(22-30)53-10)45(24-28-18-20-29(21-19-28)39(50)51)37(48)34-23-31-14-11-12-15-32(31)25-46(34)38(49)35(41(3,4)5)43-36(47)27(2)44(9)40(52)54-42(6,7)8/h11-22,26-27,34-35H,23-25H2,1-10H3,(H,43,47)(H,50,51)/t26-,27?,34?,35?/m1/s1. The molecule has 1 aliphatic rings. The van der Waals surface area contributed by atoms with Gasteiger partial charge >= 0.3 is 12.1 Å². The zero-order valence-electron chi connectivity index (χ0n) is 33.0. The zero-order valence-corrected chi connectivity index (χ0v) is 33.0. The van der Waals surface area contributed by atoms with Crippen molar-refractivity contribution in [1.82, 2.24) is 20.0 Å². The summed E-state index contributed by atoms with van der Waals surface area (Å²) in [6.45, 7) is 14.5. The van der Waals surface area contributed by atoms with Crippen LogP contribution in [-0.2, 0) is 38.6 Å². The summed E-state index contributed by atoms with van der Waals surface area (Å²) in [6.07, 6.45) is -0.437. The molecule has 4 atom stereocenters. The third-order valence-electron chi connectivity index (χ3n) is 9.74. The Bertz CT molecular complexity index is 1850. The van der Waals surface area contributed by atoms with E-state index in [1.807, 2.05) is 76.2 Å². The van der Waals surface area contributed by atoms with Crippen LogP contribution >= 0.6 is 0 Å². The fourth-order valence-electron chi connectivity index (χ4n) is 6.35. The van der Waals surface area contributed by atoms with E-state index in [0.717, 1.165) is 16.7 Å². The molecule has 2 N–H and O–H groups in total. The molecule has 290 valence electrons. The van der Waals surface area contributed by atoms with Crippen LogP contribution in [0.3, 0.4) is 0 Å². The number of rotatable bonds is 11. The Morgan fingerprint density at radius 2 is 1.54 bits per heavy atom. The van der Waals surface area contributed by atoms with Crippen LogP contribution in [0, 0.1) is 5.41 Å². The number of carbonyl (C=O) groups excluding carboxylic acids is 4. The average molecular weight is 743 g/mol. The molecule has 4 amide bonds. The number of methoxy groups -OCH3 is 1. The largest absolute Gasteiger partial charge is 0.497 e. The number of nitrogens with one attached hydrogen (secondary N) is 1. The molecule has 12 nitrogen and oxygen atoms in total. The van der Waals surface area contributed by atoms with E-state index in [4.69, 9.17) is 9.47 Å². The minimum absolute atomic E-state index is 0.125. The van der Waals surface area contributed by atoms with Gasteiger partial charge in [0.25, 0.3) is 0 Å². The molecule has 0 saturated carbocycles. The Morgan fingerprint density at radius 3 is 2.11 bits per heavy atom. The average Bonchev–Trinajstić information content (AvgIpc) is 3.12. The highest BCUT2D eigenvalue weighted by Gasteiger charge is 2.44. The fraction of sp³-hybridized carbons (Fsp3) is 0.452. The van der Waals surface area contributed by atoms with Crippen molar-refractivity contribution in [2.75, 3.05) is 14.2 Å². The summed E-state index contributed by atoms with van der Waals surface area (Å²) < 4.78 is 10.9. The second-order valence-corrected chi connectivity index (χ2v) is 16.0. The summed E-state index contributed by atoms with van der Waals surface area (Å²) in [5.74, 6) is -1.73. The van der Waals surface area contributed by atoms with Gasteiger partial charge in [-0.25, -0.2) is 9.59 Å². The molecule has 1 aliphatic heterocycles. The van der Waals surface area contributed by atoms with Crippen molar-refractivity contribution in [2.24, 2.45) is 5.41 Å². The SMILES string of the molecule is COc1cccc([C@@H](C)N(Cc2ccc(C(=O)O)cc2)C(=O)C2Cc3ccccc3CN2C(=O)C(NC(=O)C(C)N(C)C(=O)OC(C)(C)C)C(C)(C)C)c1. The number of ether oxygens (including phenoxy) is 2. The first-order chi connectivity index (χ1) is 25.2. The van der Waals surface area contributed by atoms with Gasteiger partial charge in [-0.15, -0.1) is 0 Å². The van der Waals surface area contributed by atoms with Crippen molar-refractivity contribution in [3.05, 3.63) is 101 Å². The number of carboxylic acid groups (broad SMARTS) is 1. The number of likely N-dealkylation sites (N-methyl/N-ethyl adjacent to an activating group) is 1. The van der Waals surface area contributed by atoms with Gasteiger partial charge in [0.2, 0.25) is 17.7 Å². The third-order valence-corrected chi connectivity index (χ3v) is 9.74. The molecule has 0 fully saturated rings. The Morgan fingerprint density at radius 1 is 0.907 bits per heavy atom. The van der Waals surface area contributed by atoms with Crippen LogP contribution in [-0.4, -0.2) is 87.5 Å². The molecule has 0 bridgehead atoms. The number of hydrogen-bond acceptors (Lipinski definition) is 7. The van der Waals surface area contributed by atoms with Crippen LogP contribution in [0.2, 0.25) is 0 Å². The summed E-state index contributed by atoms with van der Waals surface area (Å²) in [5, 5.41) is 12.4. The molecule has 4 rings (SSSR count). The Labute approximate surface area is 318 Å². The van der Waals surface area contributed by atoms with E-state index >= 15 is 4.79 Å². The predicted molar refractivity (Wildman–Crippen MR) is 205 cm³/mol. The topological polar surface area (TPSA) is 146 Å². The third kappa shape index (κ3) is 9.97. The van der Waals surface area contributed by atoms with Crippen molar-refractivity contribution in [3.8, 4) is 5.75 Å². The van der Waals surface area contributed by atoms with E-state index in [2.05, 4.69) is 5.32 Å². The molecular weight excluding hydrogens is 688 g/mol. The molecule has 0 radical (unpaired) electrons. The lowest BCUT2D eigenvalue weighted by molar-refractivity contribution is -0.152. The normalized spacial score (nSPS) is 15.9. The van der Waals surface area contributed by atoms with Crippen molar-refractivity contribution >= 4 is 29.8 Å². The summed E-state index contributed by atoms with van der Waals surface area (Å²) >= 11 is 0. The van der Waals surface area contributed by atoms with E-state index < -0.39 is 59.1 Å². The summed E-state index contributed by atoms with van der Waals surface area (Å²) in [7, 11) is 3.04. The van der Waals surface area contributed by atoms with Gasteiger partial charge in [0.1, 0.15) is 29.5 Å². The fourth-order valence-corrected chi connectivity index (χ4v) is 6.35. The first-order valence-corrected chi connectivity index (χ1v) is 18.1. The highest BCUT2D eigenvalue weighted by Crippen LogP contribution is 2.33. The second-order valence-electron chi connectivity index (χ2n) is 16.0. The maximum absolute atomic E-state index is 15.1. The van der Waals surface area contributed by atoms with Crippen molar-refractivity contribution in [3.63, 3.8) is 0 Å². The van der Waals surface area contributed by atoms with Gasteiger partial charge in [0.05, 0.1) is 18.7 Å². The quantitative estimate of drug-likeness (QED) is 0.236. The Balaban J connectivity index is 1.74. The predicted octanol–water partition coefficient (Wildman–Crippen LogP) is 6.22. The van der Waals surface area contributed by atoms with Crippen LogP contribution in [0.25, 0.3) is 0 Å². The van der Waals surface area contributed by atoms with Gasteiger partial charge in [0.15, 0.2) is 0 Å². The maximum Gasteiger partial charge on any atom is 0.410 e. The second kappa shape index (κ2) is 16.7. The van der Waals surface area contributed by atoms with E-state index in [9.17, 15) is 24.3 Å². The number of carboxylic acids is 1. The lowest BCUT2D eigenvalue weighted by Crippen LogP contribution is -2.62. The van der Waals surface area contributed by atoms with Crippen LogP contribution in [0.1, 0.15) is 94.0 Å². The first kappa shape index (κ1) is 41.4. The molecule has 0 spiro atoms. The van der Waals surface area contributed by atoms with E-state index in [0.29, 0.717) is 11.3 Å². The van der Waals surface area contributed by atoms with Crippen LogP contribution in [0.5, 0.6) is 5.75 Å². The first-order valence-electron chi connectivity index (χ1n) is 18.1. The molecule has 3 aromatic rings. The van der Waals surface area contributed by atoms with Crippen molar-refractivity contribution < 1.29 is 38.6 Å².